The van der Waals surface area contributed by atoms with Crippen LogP contribution in [0.3, 0.4) is 0 Å². The molecular weight excluding hydrogens is 303 g/mol. The minimum Gasteiger partial charge on any atom is -0.508 e. The number of nitrogens with one attached hydrogen (secondary N) is 1. The predicted molar refractivity (Wildman–Crippen MR) is 86.0 cm³/mol. The number of nitrogens with zero attached hydrogens (tertiary/aromatic N) is 1. The Morgan fingerprint density at radius 3 is 2.41 bits per heavy atom. The van der Waals surface area contributed by atoms with Crippen molar-refractivity contribution in [1.29, 1.82) is 0 Å². The molecule has 3 aromatic rings. The summed E-state index contributed by atoms with van der Waals surface area (Å²) < 4.78 is 13.2. The van der Waals surface area contributed by atoms with Crippen molar-refractivity contribution in [3.05, 3.63) is 71.8 Å². The molecule has 22 heavy (non-hydrogen) atoms. The summed E-state index contributed by atoms with van der Waals surface area (Å²) in [6.45, 7) is 0. The van der Waals surface area contributed by atoms with Crippen molar-refractivity contribution in [2.24, 2.45) is 0 Å². The maximum Gasteiger partial charge on any atom is 0.141 e. The number of phenolic OH excluding ortho intramolecular Hbond substituents is 1. The van der Waals surface area contributed by atoms with Gasteiger partial charge in [-0.05, 0) is 42.0 Å². The maximum atomic E-state index is 13.2. The van der Waals surface area contributed by atoms with Crippen molar-refractivity contribution in [2.75, 3.05) is 5.32 Å². The van der Waals surface area contributed by atoms with Crippen molar-refractivity contribution in [2.45, 2.75) is 0 Å². The van der Waals surface area contributed by atoms with E-state index >= 15 is 0 Å². The summed E-state index contributed by atoms with van der Waals surface area (Å²) in [5.74, 6) is -0.241. The molecule has 110 valence electrons. The fourth-order valence-electron chi connectivity index (χ4n) is 2.06. The number of halogens is 2. The second kappa shape index (κ2) is 6.03. The normalized spacial score (nSPS) is 10.5. The standard InChI is InChI=1S/C17H12ClFN2O/c18-16-8-13(3-6-17(16)19)21-14-7-12(9-20-10-14)11-1-4-15(22)5-2-11/h1-10,21-22H. The zero-order valence-electron chi connectivity index (χ0n) is 11.4. The molecule has 0 fully saturated rings. The van der Waals surface area contributed by atoms with Crippen LogP contribution < -0.4 is 5.32 Å². The van der Waals surface area contributed by atoms with Gasteiger partial charge in [-0.2, -0.15) is 0 Å². The van der Waals surface area contributed by atoms with E-state index in [9.17, 15) is 9.50 Å². The highest BCUT2D eigenvalue weighted by molar-refractivity contribution is 6.31. The number of rotatable bonds is 3. The highest BCUT2D eigenvalue weighted by atomic mass is 35.5. The molecule has 0 saturated heterocycles. The Morgan fingerprint density at radius 1 is 0.909 bits per heavy atom. The van der Waals surface area contributed by atoms with E-state index in [4.69, 9.17) is 11.6 Å². The number of phenols is 1. The first-order valence-electron chi connectivity index (χ1n) is 6.58. The van der Waals surface area contributed by atoms with E-state index in [0.717, 1.165) is 16.8 Å². The first kappa shape index (κ1) is 14.4. The van der Waals surface area contributed by atoms with Crippen LogP contribution in [0.25, 0.3) is 11.1 Å². The lowest BCUT2D eigenvalue weighted by Crippen LogP contribution is -1.92. The topological polar surface area (TPSA) is 45.2 Å². The second-order valence-corrected chi connectivity index (χ2v) is 5.17. The molecule has 0 saturated carbocycles. The molecular formula is C17H12ClFN2O. The van der Waals surface area contributed by atoms with Crippen LogP contribution in [0.2, 0.25) is 5.02 Å². The quantitative estimate of drug-likeness (QED) is 0.716. The minimum absolute atomic E-state index is 0.0626. The predicted octanol–water partition coefficient (Wildman–Crippen LogP) is 4.99. The Balaban J connectivity index is 1.87. The number of hydrogen-bond donors (Lipinski definition) is 2. The molecule has 3 rings (SSSR count). The zero-order chi connectivity index (χ0) is 15.5. The van der Waals surface area contributed by atoms with Gasteiger partial charge < -0.3 is 10.4 Å². The van der Waals surface area contributed by atoms with E-state index in [1.54, 1.807) is 30.6 Å². The van der Waals surface area contributed by atoms with Gasteiger partial charge in [0.25, 0.3) is 0 Å². The Kier molecular flexibility index (Phi) is 3.94. The summed E-state index contributed by atoms with van der Waals surface area (Å²) in [5, 5.41) is 12.5. The van der Waals surface area contributed by atoms with Crippen LogP contribution in [0.15, 0.2) is 60.9 Å². The van der Waals surface area contributed by atoms with Crippen LogP contribution >= 0.6 is 11.6 Å². The van der Waals surface area contributed by atoms with Crippen LogP contribution in [0, 0.1) is 5.82 Å². The minimum atomic E-state index is -0.455. The third-order valence-corrected chi connectivity index (χ3v) is 3.44. The van der Waals surface area contributed by atoms with Crippen LogP contribution in [0.4, 0.5) is 15.8 Å². The molecule has 0 aliphatic rings. The number of aromatic hydroxyl groups is 1. The lowest BCUT2D eigenvalue weighted by Gasteiger charge is -2.09. The number of pyridine rings is 1. The summed E-state index contributed by atoms with van der Waals surface area (Å²) in [6, 6.07) is 13.2. The molecule has 5 heteroatoms. The summed E-state index contributed by atoms with van der Waals surface area (Å²) in [6.07, 6.45) is 3.40. The molecule has 0 aliphatic carbocycles. The molecule has 0 unspecified atom stereocenters. The first-order chi connectivity index (χ1) is 10.6. The number of benzene rings is 2. The SMILES string of the molecule is Oc1ccc(-c2cncc(Nc3ccc(F)c(Cl)c3)c2)cc1. The van der Waals surface area contributed by atoms with Gasteiger partial charge in [-0.25, -0.2) is 4.39 Å². The van der Waals surface area contributed by atoms with Gasteiger partial charge in [0.15, 0.2) is 0 Å². The Hall–Kier alpha value is -2.59. The highest BCUT2D eigenvalue weighted by Gasteiger charge is 2.04. The van der Waals surface area contributed by atoms with Crippen molar-refractivity contribution >= 4 is 23.0 Å². The van der Waals surface area contributed by atoms with Crippen molar-refractivity contribution in [3.8, 4) is 16.9 Å². The third-order valence-electron chi connectivity index (χ3n) is 3.15. The maximum absolute atomic E-state index is 13.2. The van der Waals surface area contributed by atoms with Crippen LogP contribution in [-0.2, 0) is 0 Å². The van der Waals surface area contributed by atoms with Gasteiger partial charge in [-0.15, -0.1) is 0 Å². The average molecular weight is 315 g/mol. The molecule has 1 heterocycles. The number of aromatic nitrogens is 1. The zero-order valence-corrected chi connectivity index (χ0v) is 12.2. The van der Waals surface area contributed by atoms with Crippen molar-refractivity contribution in [3.63, 3.8) is 0 Å². The fourth-order valence-corrected chi connectivity index (χ4v) is 2.24. The molecule has 0 atom stereocenters. The lowest BCUT2D eigenvalue weighted by atomic mass is 10.1. The molecule has 3 nitrogen and oxygen atoms in total. The largest absolute Gasteiger partial charge is 0.508 e. The van der Waals surface area contributed by atoms with Gasteiger partial charge in [0.1, 0.15) is 11.6 Å². The summed E-state index contributed by atoms with van der Waals surface area (Å²) in [7, 11) is 0. The third kappa shape index (κ3) is 3.18. The van der Waals surface area contributed by atoms with E-state index in [-0.39, 0.29) is 10.8 Å². The number of anilines is 2. The average Bonchev–Trinajstić information content (AvgIpc) is 2.52. The first-order valence-corrected chi connectivity index (χ1v) is 6.96. The van der Waals surface area contributed by atoms with E-state index in [0.29, 0.717) is 5.69 Å². The fraction of sp³-hybridized carbons (Fsp3) is 0. The van der Waals surface area contributed by atoms with Crippen molar-refractivity contribution in [1.82, 2.24) is 4.98 Å². The van der Waals surface area contributed by atoms with E-state index in [2.05, 4.69) is 10.3 Å². The van der Waals surface area contributed by atoms with Gasteiger partial charge in [-0.3, -0.25) is 4.98 Å². The second-order valence-electron chi connectivity index (χ2n) is 4.76. The molecule has 1 aromatic heterocycles. The summed E-state index contributed by atoms with van der Waals surface area (Å²) >= 11 is 5.77. The van der Waals surface area contributed by atoms with Crippen LogP contribution in [0.5, 0.6) is 5.75 Å². The van der Waals surface area contributed by atoms with Gasteiger partial charge in [0.2, 0.25) is 0 Å². The van der Waals surface area contributed by atoms with E-state index in [1.165, 1.54) is 12.1 Å². The van der Waals surface area contributed by atoms with Crippen LogP contribution in [0.1, 0.15) is 0 Å². The molecule has 2 aromatic carbocycles. The summed E-state index contributed by atoms with van der Waals surface area (Å²) in [5.41, 5.74) is 3.27. The molecule has 2 N–H and O–H groups in total. The van der Waals surface area contributed by atoms with Crippen LogP contribution in [-0.4, -0.2) is 10.1 Å². The van der Waals surface area contributed by atoms with Crippen molar-refractivity contribution < 1.29 is 9.50 Å². The molecule has 0 spiro atoms. The monoisotopic (exact) mass is 314 g/mol. The highest BCUT2D eigenvalue weighted by Crippen LogP contribution is 2.26. The lowest BCUT2D eigenvalue weighted by molar-refractivity contribution is 0.475. The van der Waals surface area contributed by atoms with Gasteiger partial charge in [-0.1, -0.05) is 23.7 Å². The summed E-state index contributed by atoms with van der Waals surface area (Å²) in [4.78, 5) is 4.19. The molecule has 0 bridgehead atoms. The molecule has 0 amide bonds. The Morgan fingerprint density at radius 2 is 1.68 bits per heavy atom. The van der Waals surface area contributed by atoms with Gasteiger partial charge in [0, 0.05) is 17.4 Å². The smallest absolute Gasteiger partial charge is 0.141 e. The molecule has 0 aliphatic heterocycles. The Labute approximate surface area is 132 Å². The van der Waals surface area contributed by atoms with Gasteiger partial charge >= 0.3 is 0 Å². The van der Waals surface area contributed by atoms with E-state index in [1.807, 2.05) is 18.2 Å². The van der Waals surface area contributed by atoms with E-state index < -0.39 is 5.82 Å². The molecule has 0 radical (unpaired) electrons. The van der Waals surface area contributed by atoms with Gasteiger partial charge in [0.05, 0.1) is 16.9 Å². The number of hydrogen-bond acceptors (Lipinski definition) is 3. The Bertz CT molecular complexity index is 806.